The number of benzene rings is 1. The van der Waals surface area contributed by atoms with Crippen LogP contribution in [0.3, 0.4) is 0 Å². The van der Waals surface area contributed by atoms with E-state index < -0.39 is 26.7 Å². The molecular weight excluding hydrogens is 410 g/mol. The molecule has 1 unspecified atom stereocenters. The van der Waals surface area contributed by atoms with Gasteiger partial charge in [-0.05, 0) is 0 Å². The molecule has 58 valence electrons. The zero-order valence-corrected chi connectivity index (χ0v) is 13.4. The van der Waals surface area contributed by atoms with Gasteiger partial charge in [0.1, 0.15) is 0 Å². The maximum atomic E-state index is 13.2. The van der Waals surface area contributed by atoms with E-state index in [1.807, 2.05) is 30.3 Å². The molecule has 0 bridgehead atoms. The minimum absolute atomic E-state index is 1.03. The molecule has 0 aliphatic rings. The normalized spacial score (nSPS) is 14.1. The van der Waals surface area contributed by atoms with E-state index in [4.69, 9.17) is 5.26 Å². The van der Waals surface area contributed by atoms with Gasteiger partial charge in [0.05, 0.1) is 0 Å². The SMILES string of the molecule is N#C[C](F)(Br)[Hg][c]1ccccc1. The molecule has 0 amide bonds. The van der Waals surface area contributed by atoms with E-state index in [9.17, 15) is 4.39 Å². The van der Waals surface area contributed by atoms with Crippen LogP contribution in [0.1, 0.15) is 0 Å². The van der Waals surface area contributed by atoms with Crippen molar-refractivity contribution in [2.24, 2.45) is 0 Å². The molecule has 1 aromatic carbocycles. The molecule has 1 atom stereocenters. The first-order valence-corrected chi connectivity index (χ1v) is 9.76. The summed E-state index contributed by atoms with van der Waals surface area (Å²) >= 11 is 0.833. The second kappa shape index (κ2) is 4.34. The van der Waals surface area contributed by atoms with Crippen LogP contribution in [0.4, 0.5) is 4.39 Å². The van der Waals surface area contributed by atoms with Gasteiger partial charge in [0.25, 0.3) is 0 Å². The third kappa shape index (κ3) is 3.20. The van der Waals surface area contributed by atoms with E-state index in [1.165, 1.54) is 0 Å². The molecule has 0 saturated carbocycles. The van der Waals surface area contributed by atoms with E-state index in [1.54, 1.807) is 6.07 Å². The molecule has 0 radical (unpaired) electrons. The third-order valence-corrected chi connectivity index (χ3v) is 9.83. The summed E-state index contributed by atoms with van der Waals surface area (Å²) in [7, 11) is 0. The van der Waals surface area contributed by atoms with Crippen molar-refractivity contribution < 1.29 is 29.0 Å². The molecule has 1 aromatic rings. The zero-order chi connectivity index (χ0) is 9.03. The Labute approximate surface area is 91.1 Å². The monoisotopic (exact) mass is 415 g/mol. The molecule has 0 N–H and O–H groups in total. The van der Waals surface area contributed by atoms with E-state index in [2.05, 4.69) is 15.9 Å². The third-order valence-electron chi connectivity index (χ3n) is 1.43. The second-order valence-electron chi connectivity index (χ2n) is 2.48. The van der Waals surface area contributed by atoms with Crippen molar-refractivity contribution >= 4 is 19.0 Å². The molecule has 0 aliphatic carbocycles. The first kappa shape index (κ1) is 10.1. The van der Waals surface area contributed by atoms with Crippen molar-refractivity contribution in [2.45, 2.75) is 2.09 Å². The van der Waals surface area contributed by atoms with Gasteiger partial charge in [0.2, 0.25) is 0 Å². The number of hydrogen-bond donors (Lipinski definition) is 0. The summed E-state index contributed by atoms with van der Waals surface area (Å²) in [5.74, 6) is 0. The summed E-state index contributed by atoms with van der Waals surface area (Å²) < 4.78 is 12.5. The van der Waals surface area contributed by atoms with Crippen molar-refractivity contribution in [2.75, 3.05) is 0 Å². The Balaban J connectivity index is 2.72. The number of nitriles is 1. The second-order valence-corrected chi connectivity index (χ2v) is 16.1. The van der Waals surface area contributed by atoms with Gasteiger partial charge in [-0.25, -0.2) is 0 Å². The molecule has 0 heterocycles. The van der Waals surface area contributed by atoms with Crippen LogP contribution in [0.5, 0.6) is 0 Å². The average Bonchev–Trinajstić information content (AvgIpc) is 2.06. The maximum absolute atomic E-state index is 13.2. The first-order chi connectivity index (χ1) is 5.64. The number of halogens is 2. The van der Waals surface area contributed by atoms with Gasteiger partial charge in [0, 0.05) is 0 Å². The van der Waals surface area contributed by atoms with Crippen LogP contribution in [0.2, 0.25) is 0 Å². The number of nitrogens with zero attached hydrogens (tertiary/aromatic N) is 1. The van der Waals surface area contributed by atoms with Crippen molar-refractivity contribution in [1.82, 2.24) is 0 Å². The Morgan fingerprint density at radius 3 is 2.50 bits per heavy atom. The number of hydrogen-bond acceptors (Lipinski definition) is 1. The van der Waals surface area contributed by atoms with Crippen LogP contribution in [-0.2, 0) is 24.6 Å². The first-order valence-electron chi connectivity index (χ1n) is 3.47. The van der Waals surface area contributed by atoms with E-state index in [0.29, 0.717) is 0 Å². The molecular formula is C8H5BrFHgN. The fourth-order valence-corrected chi connectivity index (χ4v) is 8.01. The van der Waals surface area contributed by atoms with Crippen molar-refractivity contribution in [3.05, 3.63) is 30.3 Å². The van der Waals surface area contributed by atoms with Crippen LogP contribution in [-0.4, -0.2) is 2.09 Å². The molecule has 4 heteroatoms. The van der Waals surface area contributed by atoms with Crippen LogP contribution in [0.15, 0.2) is 30.3 Å². The average molecular weight is 415 g/mol. The van der Waals surface area contributed by atoms with Gasteiger partial charge in [0.15, 0.2) is 0 Å². The molecule has 1 nitrogen and oxygen atoms in total. The van der Waals surface area contributed by atoms with Crippen molar-refractivity contribution in [3.63, 3.8) is 0 Å². The molecule has 0 fully saturated rings. The molecule has 0 aliphatic heterocycles. The topological polar surface area (TPSA) is 23.8 Å². The van der Waals surface area contributed by atoms with E-state index in [-0.39, 0.29) is 0 Å². The van der Waals surface area contributed by atoms with Gasteiger partial charge in [-0.3, -0.25) is 0 Å². The quantitative estimate of drug-likeness (QED) is 0.536. The summed E-state index contributed by atoms with van der Waals surface area (Å²) in [6, 6.07) is 11.0. The Morgan fingerprint density at radius 2 is 2.00 bits per heavy atom. The number of rotatable bonds is 2. The van der Waals surface area contributed by atoms with Gasteiger partial charge < -0.3 is 0 Å². The molecule has 0 aromatic heterocycles. The Hall–Kier alpha value is 0.0551. The fraction of sp³-hybridized carbons (Fsp3) is 0.125. The van der Waals surface area contributed by atoms with Crippen LogP contribution in [0.25, 0.3) is 0 Å². The summed E-state index contributed by atoms with van der Waals surface area (Å²) in [6.45, 7) is 0. The Morgan fingerprint density at radius 1 is 1.42 bits per heavy atom. The Bertz CT molecular complexity index is 294. The van der Waals surface area contributed by atoms with Gasteiger partial charge >= 0.3 is 91.7 Å². The minimum atomic E-state index is -1.96. The van der Waals surface area contributed by atoms with Gasteiger partial charge in [-0.15, -0.1) is 0 Å². The predicted molar refractivity (Wildman–Crippen MR) is 44.5 cm³/mol. The standard InChI is InChI=1S/C6H5.C2BrFN.Hg/c1-2-4-6-5-3-1;3-2(4)1-5;/h1-5H;;. The van der Waals surface area contributed by atoms with Crippen LogP contribution < -0.4 is 3.07 Å². The Kier molecular flexibility index (Phi) is 3.66. The zero-order valence-electron chi connectivity index (χ0n) is 6.30. The van der Waals surface area contributed by atoms with Crippen molar-refractivity contribution in [3.8, 4) is 6.07 Å². The number of alkyl halides is 2. The molecule has 12 heavy (non-hydrogen) atoms. The molecule has 0 spiro atoms. The summed E-state index contributed by atoms with van der Waals surface area (Å²) in [4.78, 5) is 0. The summed E-state index contributed by atoms with van der Waals surface area (Å²) in [5, 5.41) is 8.44. The van der Waals surface area contributed by atoms with Crippen LogP contribution >= 0.6 is 15.9 Å². The van der Waals surface area contributed by atoms with Gasteiger partial charge in [-0.2, -0.15) is 0 Å². The molecule has 1 rings (SSSR count). The molecule has 0 saturated heterocycles. The van der Waals surface area contributed by atoms with E-state index >= 15 is 0 Å². The fourth-order valence-electron chi connectivity index (χ4n) is 0.892. The van der Waals surface area contributed by atoms with Gasteiger partial charge in [-0.1, -0.05) is 0 Å². The predicted octanol–water partition coefficient (Wildman–Crippen LogP) is 1.94. The summed E-state index contributed by atoms with van der Waals surface area (Å²) in [6.07, 6.45) is 0. The van der Waals surface area contributed by atoms with Crippen LogP contribution in [0, 0.1) is 11.3 Å². The summed E-state index contributed by atoms with van der Waals surface area (Å²) in [5.41, 5.74) is 0. The van der Waals surface area contributed by atoms with E-state index in [0.717, 1.165) is 3.07 Å². The van der Waals surface area contributed by atoms with Crippen molar-refractivity contribution in [1.29, 1.82) is 5.26 Å².